The molecule has 0 fully saturated rings. The summed E-state index contributed by atoms with van der Waals surface area (Å²) in [5, 5.41) is -0.811. The highest BCUT2D eigenvalue weighted by molar-refractivity contribution is 6.33. The van der Waals surface area contributed by atoms with Gasteiger partial charge in [-0.15, -0.1) is 13.2 Å². The van der Waals surface area contributed by atoms with Crippen molar-refractivity contribution in [2.45, 2.75) is 32.2 Å². The molecule has 5 aromatic carbocycles. The molecule has 16 heteroatoms. The van der Waals surface area contributed by atoms with Gasteiger partial charge in [-0.05, 0) is 90.6 Å². The Kier molecular flexibility index (Phi) is 11.1. The average molecular weight is 779 g/mol. The fraction of sp³-hybridized carbons (Fsp3) is 0.135. The summed E-state index contributed by atoms with van der Waals surface area (Å²) in [5.41, 5.74) is -5.61. The Balaban J connectivity index is 1.42. The summed E-state index contributed by atoms with van der Waals surface area (Å²) in [4.78, 5) is 0. The van der Waals surface area contributed by atoms with Crippen molar-refractivity contribution in [3.05, 3.63) is 142 Å². The first-order chi connectivity index (χ1) is 24.8. The van der Waals surface area contributed by atoms with Gasteiger partial charge in [0.05, 0.1) is 10.6 Å². The van der Waals surface area contributed by atoms with E-state index < -0.39 is 109 Å². The van der Waals surface area contributed by atoms with Gasteiger partial charge in [-0.2, -0.15) is 8.78 Å². The normalized spacial score (nSPS) is 12.1. The van der Waals surface area contributed by atoms with Crippen LogP contribution in [0.1, 0.15) is 24.5 Å². The molecule has 53 heavy (non-hydrogen) atoms. The van der Waals surface area contributed by atoms with Gasteiger partial charge in [-0.3, -0.25) is 0 Å². The third kappa shape index (κ3) is 8.56. The van der Waals surface area contributed by atoms with Gasteiger partial charge in [-0.25, -0.2) is 35.1 Å². The summed E-state index contributed by atoms with van der Waals surface area (Å²) < 4.78 is 194. The van der Waals surface area contributed by atoms with Crippen LogP contribution in [0.4, 0.5) is 57.1 Å². The van der Waals surface area contributed by atoms with Crippen LogP contribution in [-0.2, 0) is 12.5 Å². The number of benzene rings is 5. The number of aryl methyl sites for hydroxylation is 1. The lowest BCUT2D eigenvalue weighted by Crippen LogP contribution is -2.25. The molecule has 0 saturated carbocycles. The molecule has 2 nitrogen and oxygen atoms in total. The van der Waals surface area contributed by atoms with E-state index in [1.165, 1.54) is 12.1 Å². The molecule has 0 aliphatic carbocycles. The Labute approximate surface area is 296 Å². The van der Waals surface area contributed by atoms with Crippen LogP contribution >= 0.6 is 11.6 Å². The third-order valence-corrected chi connectivity index (χ3v) is 7.91. The van der Waals surface area contributed by atoms with E-state index in [1.54, 1.807) is 13.0 Å². The summed E-state index contributed by atoms with van der Waals surface area (Å²) in [6.07, 6.45) is -5.61. The molecule has 0 heterocycles. The smallest absolute Gasteiger partial charge is 0.429 e. The van der Waals surface area contributed by atoms with Crippen LogP contribution in [0.5, 0.6) is 11.5 Å². The molecule has 0 N–H and O–H groups in total. The van der Waals surface area contributed by atoms with Gasteiger partial charge in [0.1, 0.15) is 46.2 Å². The van der Waals surface area contributed by atoms with Gasteiger partial charge >= 0.3 is 12.5 Å². The molecular formula is C37H20ClF13O2. The summed E-state index contributed by atoms with van der Waals surface area (Å²) in [7, 11) is 0. The number of hydrogen-bond acceptors (Lipinski definition) is 2. The molecule has 0 aliphatic heterocycles. The fourth-order valence-corrected chi connectivity index (χ4v) is 5.67. The highest BCUT2D eigenvalue weighted by atomic mass is 35.5. The van der Waals surface area contributed by atoms with Gasteiger partial charge in [0.25, 0.3) is 0 Å². The van der Waals surface area contributed by atoms with Crippen LogP contribution < -0.4 is 9.47 Å². The molecule has 0 atom stereocenters. The van der Waals surface area contributed by atoms with Crippen molar-refractivity contribution >= 4 is 11.6 Å². The zero-order chi connectivity index (χ0) is 39.0. The molecule has 0 unspecified atom stereocenters. The van der Waals surface area contributed by atoms with Gasteiger partial charge in [0.15, 0.2) is 11.6 Å². The van der Waals surface area contributed by atoms with Crippen molar-refractivity contribution in [3.63, 3.8) is 0 Å². The van der Waals surface area contributed by atoms with Crippen LogP contribution in [0.3, 0.4) is 0 Å². The largest absolute Gasteiger partial charge is 0.573 e. The molecule has 0 amide bonds. The van der Waals surface area contributed by atoms with Crippen molar-refractivity contribution in [1.82, 2.24) is 0 Å². The number of hydrogen-bond donors (Lipinski definition) is 0. The topological polar surface area (TPSA) is 18.5 Å². The maximum absolute atomic E-state index is 15.3. The second-order valence-electron chi connectivity index (χ2n) is 11.2. The van der Waals surface area contributed by atoms with Crippen molar-refractivity contribution in [2.75, 3.05) is 0 Å². The van der Waals surface area contributed by atoms with Crippen LogP contribution in [0.15, 0.2) is 78.9 Å². The van der Waals surface area contributed by atoms with E-state index in [-0.39, 0.29) is 23.8 Å². The minimum atomic E-state index is -5.50. The molecule has 0 radical (unpaired) electrons. The van der Waals surface area contributed by atoms with Gasteiger partial charge in [-0.1, -0.05) is 35.9 Å². The molecule has 5 aromatic rings. The SMILES string of the molecule is CC=CCCc1ccc(-c2cc(F)c(C(F)(F)Oc3cc(F)c(-c4cc(F)c(-c5cc(F)c(OC(F)(F)F)c(F)c5)c(F)c4)c(Cl)c3)c(F)c2)c(F)c1. The second-order valence-corrected chi connectivity index (χ2v) is 11.7. The van der Waals surface area contributed by atoms with Crippen LogP contribution in [0.2, 0.25) is 5.02 Å². The summed E-state index contributed by atoms with van der Waals surface area (Å²) in [5.74, 6) is -16.3. The van der Waals surface area contributed by atoms with Crippen molar-refractivity contribution in [2.24, 2.45) is 0 Å². The zero-order valence-electron chi connectivity index (χ0n) is 26.5. The summed E-state index contributed by atoms with van der Waals surface area (Å²) >= 11 is 6.03. The highest BCUT2D eigenvalue weighted by Gasteiger charge is 2.42. The van der Waals surface area contributed by atoms with E-state index in [1.807, 2.05) is 6.08 Å². The number of allylic oxidation sites excluding steroid dienone is 2. The number of ether oxygens (including phenoxy) is 2. The van der Waals surface area contributed by atoms with Crippen LogP contribution in [0, 0.1) is 46.5 Å². The van der Waals surface area contributed by atoms with Crippen molar-refractivity contribution in [1.29, 1.82) is 0 Å². The highest BCUT2D eigenvalue weighted by Crippen LogP contribution is 2.42. The van der Waals surface area contributed by atoms with Crippen LogP contribution in [-0.4, -0.2) is 6.36 Å². The molecule has 0 spiro atoms. The second kappa shape index (κ2) is 15.0. The third-order valence-electron chi connectivity index (χ3n) is 7.61. The van der Waals surface area contributed by atoms with E-state index in [0.29, 0.717) is 48.7 Å². The zero-order valence-corrected chi connectivity index (χ0v) is 27.3. The fourth-order valence-electron chi connectivity index (χ4n) is 5.37. The van der Waals surface area contributed by atoms with Crippen molar-refractivity contribution < 1.29 is 66.5 Å². The first-order valence-electron chi connectivity index (χ1n) is 15.0. The maximum Gasteiger partial charge on any atom is 0.573 e. The first-order valence-corrected chi connectivity index (χ1v) is 15.4. The Morgan fingerprint density at radius 3 is 1.64 bits per heavy atom. The quantitative estimate of drug-likeness (QED) is 0.104. The number of rotatable bonds is 10. The molecule has 0 aliphatic rings. The lowest BCUT2D eigenvalue weighted by Gasteiger charge is -2.21. The minimum Gasteiger partial charge on any atom is -0.429 e. The standard InChI is InChI=1S/C37H20ClF13O2/c1-2-3-4-5-17-6-7-22(24(39)8-17)18-9-28(43)34(29(44)10-18)36(47,48)52-21-15-23(38)32(27(42)16-21)19-11-25(40)33(26(41)12-19)20-13-30(45)35(31(46)14-20)53-37(49,50)51/h2-3,6-16H,4-5H2,1H3. The Morgan fingerprint density at radius 1 is 0.585 bits per heavy atom. The van der Waals surface area contributed by atoms with Gasteiger partial charge in [0, 0.05) is 17.2 Å². The predicted octanol–water partition coefficient (Wildman–Crippen LogP) is 13.0. The van der Waals surface area contributed by atoms with E-state index >= 15 is 30.7 Å². The molecule has 278 valence electrons. The average Bonchev–Trinajstić information content (AvgIpc) is 3.01. The van der Waals surface area contributed by atoms with Crippen molar-refractivity contribution in [3.8, 4) is 44.9 Å². The predicted molar refractivity (Wildman–Crippen MR) is 168 cm³/mol. The Hall–Kier alpha value is -5.18. The maximum atomic E-state index is 15.3. The van der Waals surface area contributed by atoms with Gasteiger partial charge < -0.3 is 9.47 Å². The van der Waals surface area contributed by atoms with E-state index in [2.05, 4.69) is 9.47 Å². The van der Waals surface area contributed by atoms with E-state index in [4.69, 9.17) is 11.6 Å². The molecule has 0 aromatic heterocycles. The number of halogens is 14. The lowest BCUT2D eigenvalue weighted by molar-refractivity contribution is -0.276. The summed E-state index contributed by atoms with van der Waals surface area (Å²) in [6.45, 7) is 1.81. The van der Waals surface area contributed by atoms with E-state index in [9.17, 15) is 26.3 Å². The van der Waals surface area contributed by atoms with E-state index in [0.717, 1.165) is 6.07 Å². The molecule has 0 bridgehead atoms. The Morgan fingerprint density at radius 2 is 1.11 bits per heavy atom. The lowest BCUT2D eigenvalue weighted by atomic mass is 9.98. The monoisotopic (exact) mass is 778 g/mol. The molecular weight excluding hydrogens is 759 g/mol. The molecule has 5 rings (SSSR count). The Bertz CT molecular complexity index is 2140. The summed E-state index contributed by atoms with van der Waals surface area (Å²) in [6, 6.07) is 6.67. The minimum absolute atomic E-state index is 0.146. The number of alkyl halides is 5. The molecule has 0 saturated heterocycles. The van der Waals surface area contributed by atoms with Gasteiger partial charge in [0.2, 0.25) is 5.75 Å². The first kappa shape index (κ1) is 39.0. The van der Waals surface area contributed by atoms with Crippen LogP contribution in [0.25, 0.3) is 33.4 Å².